The van der Waals surface area contributed by atoms with E-state index in [1.165, 1.54) is 24.5 Å². The topological polar surface area (TPSA) is 92.9 Å². The fraction of sp³-hybridized carbons (Fsp3) is 0.353. The Hall–Kier alpha value is -2.25. The summed E-state index contributed by atoms with van der Waals surface area (Å²) in [6.07, 6.45) is 5.33. The van der Waals surface area contributed by atoms with Gasteiger partial charge in [0.15, 0.2) is 0 Å². The van der Waals surface area contributed by atoms with Crippen LogP contribution in [0.1, 0.15) is 49.0 Å². The number of anilines is 1. The number of hydrogen-bond acceptors (Lipinski definition) is 5. The van der Waals surface area contributed by atoms with Crippen molar-refractivity contribution in [3.05, 3.63) is 52.6 Å². The number of nitrogens with zero attached hydrogens (tertiary/aromatic N) is 2. The van der Waals surface area contributed by atoms with Crippen molar-refractivity contribution in [1.29, 1.82) is 0 Å². The van der Waals surface area contributed by atoms with Gasteiger partial charge in [-0.15, -0.1) is 0 Å². The van der Waals surface area contributed by atoms with Crippen LogP contribution in [0.5, 0.6) is 0 Å². The Labute approximate surface area is 151 Å². The number of hydrazine groups is 1. The van der Waals surface area contributed by atoms with Crippen LogP contribution in [0.25, 0.3) is 0 Å². The highest BCUT2D eigenvalue weighted by Gasteiger charge is 2.41. The van der Waals surface area contributed by atoms with Gasteiger partial charge in [0.2, 0.25) is 5.95 Å². The van der Waals surface area contributed by atoms with E-state index < -0.39 is 11.4 Å². The van der Waals surface area contributed by atoms with Crippen molar-refractivity contribution in [1.82, 2.24) is 15.4 Å². The van der Waals surface area contributed by atoms with Gasteiger partial charge < -0.3 is 5.32 Å². The van der Waals surface area contributed by atoms with Crippen molar-refractivity contribution in [2.45, 2.75) is 38.6 Å². The van der Waals surface area contributed by atoms with Gasteiger partial charge in [-0.2, -0.15) is 0 Å². The summed E-state index contributed by atoms with van der Waals surface area (Å²) in [5.41, 5.74) is 2.47. The van der Waals surface area contributed by atoms with Crippen molar-refractivity contribution in [3.63, 3.8) is 0 Å². The Morgan fingerprint density at radius 1 is 1.28 bits per heavy atom. The summed E-state index contributed by atoms with van der Waals surface area (Å²) in [6, 6.07) is 4.31. The van der Waals surface area contributed by atoms with E-state index in [0.717, 1.165) is 19.3 Å². The number of nitrogen functional groups attached to an aromatic ring is 1. The van der Waals surface area contributed by atoms with Crippen molar-refractivity contribution in [3.8, 4) is 0 Å². The average molecular weight is 366 g/mol. The second-order valence-electron chi connectivity index (χ2n) is 5.45. The highest BCUT2D eigenvalue weighted by molar-refractivity contribution is 6.31. The van der Waals surface area contributed by atoms with E-state index in [1.54, 1.807) is 6.07 Å². The number of halogens is 2. The number of amides is 1. The number of nitrogens with two attached hydrogens (primary N) is 1. The quantitative estimate of drug-likeness (QED) is 0.438. The van der Waals surface area contributed by atoms with Crippen LogP contribution in [0.4, 0.5) is 10.3 Å². The summed E-state index contributed by atoms with van der Waals surface area (Å²) in [5.74, 6) is 4.60. The summed E-state index contributed by atoms with van der Waals surface area (Å²) in [5, 5.41) is 3.72. The van der Waals surface area contributed by atoms with Crippen LogP contribution in [0, 0.1) is 5.82 Å². The first kappa shape index (κ1) is 19.1. The minimum absolute atomic E-state index is 0.254. The number of carbonyl (C=O) groups excluding carboxylic acids is 1. The molecule has 25 heavy (non-hydrogen) atoms. The lowest BCUT2D eigenvalue weighted by Gasteiger charge is -2.43. The third-order valence-electron chi connectivity index (χ3n) is 4.05. The molecule has 1 saturated carbocycles. The summed E-state index contributed by atoms with van der Waals surface area (Å²) >= 11 is 6.23. The molecule has 0 atom stereocenters. The fourth-order valence-electron chi connectivity index (χ4n) is 2.66. The molecule has 1 fully saturated rings. The number of rotatable bonds is 4. The minimum Gasteiger partial charge on any atom is -0.345 e. The van der Waals surface area contributed by atoms with Gasteiger partial charge in [0.25, 0.3) is 5.91 Å². The molecule has 0 aliphatic heterocycles. The smallest absolute Gasteiger partial charge is 0.268 e. The highest BCUT2D eigenvalue weighted by atomic mass is 35.5. The summed E-state index contributed by atoms with van der Waals surface area (Å²) in [7, 11) is 0. The molecule has 0 radical (unpaired) electrons. The van der Waals surface area contributed by atoms with Gasteiger partial charge in [-0.1, -0.05) is 25.4 Å². The van der Waals surface area contributed by atoms with E-state index in [4.69, 9.17) is 17.4 Å². The molecule has 4 N–H and O–H groups in total. The molecule has 0 bridgehead atoms. The SMILES string of the molecule is CC.NNC(=O)c1cnc(NC2(c3cc(F)ccc3Cl)CCC2)nc1. The molecule has 0 saturated heterocycles. The highest BCUT2D eigenvalue weighted by Crippen LogP contribution is 2.46. The van der Waals surface area contributed by atoms with Crippen LogP contribution in [-0.2, 0) is 5.54 Å². The second kappa shape index (κ2) is 8.22. The Bertz CT molecular complexity index is 734. The molecule has 134 valence electrons. The van der Waals surface area contributed by atoms with Crippen molar-refractivity contribution in [2.75, 3.05) is 5.32 Å². The first-order chi connectivity index (χ1) is 12.0. The van der Waals surface area contributed by atoms with Crippen LogP contribution in [0.2, 0.25) is 5.02 Å². The van der Waals surface area contributed by atoms with Crippen molar-refractivity contribution < 1.29 is 9.18 Å². The van der Waals surface area contributed by atoms with Gasteiger partial charge in [-0.05, 0) is 43.0 Å². The number of benzene rings is 1. The first-order valence-corrected chi connectivity index (χ1v) is 8.48. The zero-order valence-corrected chi connectivity index (χ0v) is 14.9. The maximum absolute atomic E-state index is 13.6. The van der Waals surface area contributed by atoms with Gasteiger partial charge in [0, 0.05) is 17.4 Å². The van der Waals surface area contributed by atoms with E-state index in [2.05, 4.69) is 15.3 Å². The maximum atomic E-state index is 13.6. The van der Waals surface area contributed by atoms with Gasteiger partial charge in [-0.3, -0.25) is 10.2 Å². The minimum atomic E-state index is -0.489. The van der Waals surface area contributed by atoms with Crippen LogP contribution in [0.3, 0.4) is 0 Å². The molecule has 1 aromatic heterocycles. The van der Waals surface area contributed by atoms with E-state index in [1.807, 2.05) is 19.3 Å². The number of nitrogens with one attached hydrogen (secondary N) is 2. The molecular formula is C17H21ClFN5O. The molecule has 1 amide bonds. The predicted molar refractivity (Wildman–Crippen MR) is 95.6 cm³/mol. The Kier molecular flexibility index (Phi) is 6.27. The lowest BCUT2D eigenvalue weighted by molar-refractivity contribution is 0.0953. The zero-order chi connectivity index (χ0) is 18.4. The molecule has 1 aromatic carbocycles. The lowest BCUT2D eigenvalue weighted by atomic mass is 9.72. The number of aromatic nitrogens is 2. The second-order valence-corrected chi connectivity index (χ2v) is 5.86. The van der Waals surface area contributed by atoms with E-state index in [9.17, 15) is 9.18 Å². The normalized spacial score (nSPS) is 14.6. The third-order valence-corrected chi connectivity index (χ3v) is 4.38. The van der Waals surface area contributed by atoms with Gasteiger partial charge in [0.1, 0.15) is 5.82 Å². The van der Waals surface area contributed by atoms with E-state index in [-0.39, 0.29) is 11.4 Å². The third kappa shape index (κ3) is 4.05. The Morgan fingerprint density at radius 3 is 2.44 bits per heavy atom. The van der Waals surface area contributed by atoms with Crippen molar-refractivity contribution >= 4 is 23.5 Å². The van der Waals surface area contributed by atoms with Crippen molar-refractivity contribution in [2.24, 2.45) is 5.84 Å². The predicted octanol–water partition coefficient (Wildman–Crippen LogP) is 3.39. The molecule has 2 aromatic rings. The molecule has 0 unspecified atom stereocenters. The monoisotopic (exact) mass is 365 g/mol. The molecular weight excluding hydrogens is 345 g/mol. The van der Waals surface area contributed by atoms with E-state index in [0.29, 0.717) is 16.5 Å². The first-order valence-electron chi connectivity index (χ1n) is 8.11. The summed E-state index contributed by atoms with van der Waals surface area (Å²) in [4.78, 5) is 19.6. The van der Waals surface area contributed by atoms with Crippen LogP contribution in [-0.4, -0.2) is 15.9 Å². The zero-order valence-electron chi connectivity index (χ0n) is 14.1. The van der Waals surface area contributed by atoms with Gasteiger partial charge >= 0.3 is 0 Å². The number of carbonyl (C=O) groups is 1. The van der Waals surface area contributed by atoms with Crippen LogP contribution < -0.4 is 16.6 Å². The molecule has 1 aliphatic carbocycles. The maximum Gasteiger partial charge on any atom is 0.268 e. The Morgan fingerprint density at radius 2 is 1.92 bits per heavy atom. The Balaban J connectivity index is 0.00000109. The number of hydrogen-bond donors (Lipinski definition) is 3. The van der Waals surface area contributed by atoms with Gasteiger partial charge in [-0.25, -0.2) is 20.2 Å². The molecule has 1 heterocycles. The van der Waals surface area contributed by atoms with E-state index >= 15 is 0 Å². The van der Waals surface area contributed by atoms with Crippen LogP contribution >= 0.6 is 11.6 Å². The average Bonchev–Trinajstić information content (AvgIpc) is 2.62. The fourth-order valence-corrected chi connectivity index (χ4v) is 2.96. The standard InChI is InChI=1S/C15H15ClFN5O.C2H6/c16-12-3-2-10(17)6-11(12)15(4-1-5-15)21-14-19-7-9(8-20-14)13(23)22-18;1-2/h2-3,6-8H,1,4-5,18H2,(H,22,23)(H,19,20,21);1-2H3. The van der Waals surface area contributed by atoms with Crippen LogP contribution in [0.15, 0.2) is 30.6 Å². The molecule has 8 heteroatoms. The molecule has 0 spiro atoms. The van der Waals surface area contributed by atoms with Gasteiger partial charge in [0.05, 0.1) is 11.1 Å². The summed E-state index contributed by atoms with van der Waals surface area (Å²) < 4.78 is 13.6. The molecule has 3 rings (SSSR count). The summed E-state index contributed by atoms with van der Waals surface area (Å²) in [6.45, 7) is 4.00. The molecule has 6 nitrogen and oxygen atoms in total. The lowest BCUT2D eigenvalue weighted by Crippen LogP contribution is -2.43. The largest absolute Gasteiger partial charge is 0.345 e. The molecule has 1 aliphatic rings.